The maximum absolute atomic E-state index is 12.5. The largest absolute Gasteiger partial charge is 0.490 e. The molecule has 2 amide bonds. The first-order valence-electron chi connectivity index (χ1n) is 7.36. The van der Waals surface area contributed by atoms with Crippen LogP contribution < -0.4 is 15.2 Å². The predicted octanol–water partition coefficient (Wildman–Crippen LogP) is 2.72. The van der Waals surface area contributed by atoms with Gasteiger partial charge in [-0.25, -0.2) is 5.01 Å². The normalized spacial score (nSPS) is 15.3. The highest BCUT2D eigenvalue weighted by atomic mass is 35.5. The maximum Gasteiger partial charge on any atom is 0.311 e. The molecule has 9 heteroatoms. The van der Waals surface area contributed by atoms with Gasteiger partial charge in [0.2, 0.25) is 0 Å². The van der Waals surface area contributed by atoms with E-state index in [1.165, 1.54) is 31.4 Å². The van der Waals surface area contributed by atoms with Crippen LogP contribution in [0, 0.1) is 10.1 Å². The van der Waals surface area contributed by atoms with E-state index in [-0.39, 0.29) is 17.0 Å². The van der Waals surface area contributed by atoms with Crippen LogP contribution in [0.25, 0.3) is 6.08 Å². The van der Waals surface area contributed by atoms with Crippen LogP contribution in [-0.2, 0) is 9.59 Å². The highest BCUT2D eigenvalue weighted by Crippen LogP contribution is 2.29. The van der Waals surface area contributed by atoms with Crippen LogP contribution in [0.15, 0.2) is 48.0 Å². The second kappa shape index (κ2) is 6.85. The fourth-order valence-corrected chi connectivity index (χ4v) is 2.56. The predicted molar refractivity (Wildman–Crippen MR) is 94.7 cm³/mol. The number of nitrogens with one attached hydrogen (secondary N) is 1. The van der Waals surface area contributed by atoms with E-state index in [9.17, 15) is 19.7 Å². The second-order valence-corrected chi connectivity index (χ2v) is 5.74. The van der Waals surface area contributed by atoms with Crippen LogP contribution in [0.4, 0.5) is 11.4 Å². The molecule has 2 aromatic carbocycles. The smallest absolute Gasteiger partial charge is 0.311 e. The molecule has 0 saturated carbocycles. The van der Waals surface area contributed by atoms with Crippen molar-refractivity contribution in [2.75, 3.05) is 12.1 Å². The third-order valence-electron chi connectivity index (χ3n) is 3.69. The monoisotopic (exact) mass is 373 g/mol. The summed E-state index contributed by atoms with van der Waals surface area (Å²) in [7, 11) is 1.32. The molecular weight excluding hydrogens is 362 g/mol. The molecule has 1 fully saturated rings. The number of methoxy groups -OCH3 is 1. The Morgan fingerprint density at radius 3 is 2.50 bits per heavy atom. The lowest BCUT2D eigenvalue weighted by Crippen LogP contribution is -2.35. The average Bonchev–Trinajstić information content (AvgIpc) is 2.90. The van der Waals surface area contributed by atoms with E-state index in [0.717, 1.165) is 5.01 Å². The zero-order valence-corrected chi connectivity index (χ0v) is 14.2. The van der Waals surface area contributed by atoms with Crippen molar-refractivity contribution < 1.29 is 19.2 Å². The molecule has 1 N–H and O–H groups in total. The number of halogens is 1. The molecule has 2 aromatic rings. The van der Waals surface area contributed by atoms with Gasteiger partial charge in [-0.3, -0.25) is 25.1 Å². The molecule has 0 spiro atoms. The summed E-state index contributed by atoms with van der Waals surface area (Å²) in [6, 6.07) is 10.5. The van der Waals surface area contributed by atoms with E-state index in [1.807, 2.05) is 0 Å². The number of hydrogen-bond acceptors (Lipinski definition) is 5. The Bertz CT molecular complexity index is 940. The standard InChI is InChI=1S/C17H12ClN3O5/c1-26-15-7-2-10(9-14(15)21(24)25)8-13-16(22)19-20(17(13)23)12-5-3-11(18)4-6-12/h2-9H,1H3,(H,19,22)/b13-8+. The van der Waals surface area contributed by atoms with Crippen molar-refractivity contribution >= 4 is 40.9 Å². The molecule has 0 atom stereocenters. The first-order valence-corrected chi connectivity index (χ1v) is 7.73. The number of hydrazine groups is 1. The number of amides is 2. The van der Waals surface area contributed by atoms with Gasteiger partial charge >= 0.3 is 5.69 Å². The van der Waals surface area contributed by atoms with Crippen LogP contribution in [-0.4, -0.2) is 23.8 Å². The number of nitro groups is 1. The molecule has 0 unspecified atom stereocenters. The van der Waals surface area contributed by atoms with Crippen molar-refractivity contribution in [1.82, 2.24) is 5.43 Å². The number of nitro benzene ring substituents is 1. The Labute approximate surface area is 152 Å². The number of ether oxygens (including phenoxy) is 1. The van der Waals surface area contributed by atoms with E-state index in [0.29, 0.717) is 16.3 Å². The third-order valence-corrected chi connectivity index (χ3v) is 3.94. The van der Waals surface area contributed by atoms with Crippen molar-refractivity contribution in [3.8, 4) is 5.75 Å². The van der Waals surface area contributed by atoms with Crippen LogP contribution >= 0.6 is 11.6 Å². The van der Waals surface area contributed by atoms with Crippen LogP contribution in [0.2, 0.25) is 5.02 Å². The molecule has 132 valence electrons. The van der Waals surface area contributed by atoms with Gasteiger partial charge < -0.3 is 4.74 Å². The number of anilines is 1. The minimum atomic E-state index is -0.608. The molecule has 3 rings (SSSR count). The summed E-state index contributed by atoms with van der Waals surface area (Å²) in [6.07, 6.45) is 1.29. The van der Waals surface area contributed by atoms with Crippen molar-refractivity contribution in [3.05, 3.63) is 68.7 Å². The molecule has 1 aliphatic rings. The van der Waals surface area contributed by atoms with Crippen molar-refractivity contribution in [2.24, 2.45) is 0 Å². The van der Waals surface area contributed by atoms with Crippen LogP contribution in [0.3, 0.4) is 0 Å². The number of hydrogen-bond donors (Lipinski definition) is 1. The molecule has 0 aliphatic carbocycles. The van der Waals surface area contributed by atoms with Gasteiger partial charge in [0.15, 0.2) is 5.75 Å². The summed E-state index contributed by atoms with van der Waals surface area (Å²) in [5.74, 6) is -1.10. The molecular formula is C17H12ClN3O5. The SMILES string of the molecule is COc1ccc(/C=C2\C(=O)NN(c3ccc(Cl)cc3)C2=O)cc1[N+](=O)[O-]. The lowest BCUT2D eigenvalue weighted by atomic mass is 10.1. The summed E-state index contributed by atoms with van der Waals surface area (Å²) >= 11 is 5.82. The molecule has 0 radical (unpaired) electrons. The summed E-state index contributed by atoms with van der Waals surface area (Å²) in [5, 5.41) is 12.7. The Morgan fingerprint density at radius 2 is 1.88 bits per heavy atom. The van der Waals surface area contributed by atoms with Crippen LogP contribution in [0.5, 0.6) is 5.75 Å². The van der Waals surface area contributed by atoms with Gasteiger partial charge in [-0.15, -0.1) is 0 Å². The topological polar surface area (TPSA) is 102 Å². The van der Waals surface area contributed by atoms with Gasteiger partial charge in [-0.2, -0.15) is 0 Å². The third kappa shape index (κ3) is 3.22. The van der Waals surface area contributed by atoms with E-state index < -0.39 is 16.7 Å². The van der Waals surface area contributed by atoms with Crippen molar-refractivity contribution in [1.29, 1.82) is 0 Å². The number of nitrogens with zero attached hydrogens (tertiary/aromatic N) is 2. The number of carbonyl (C=O) groups is 2. The molecule has 0 aromatic heterocycles. The fourth-order valence-electron chi connectivity index (χ4n) is 2.44. The van der Waals surface area contributed by atoms with Crippen LogP contribution in [0.1, 0.15) is 5.56 Å². The summed E-state index contributed by atoms with van der Waals surface area (Å²) in [6.45, 7) is 0. The fraction of sp³-hybridized carbons (Fsp3) is 0.0588. The zero-order valence-electron chi connectivity index (χ0n) is 13.4. The first-order chi connectivity index (χ1) is 12.4. The van der Waals surface area contributed by atoms with E-state index in [1.54, 1.807) is 24.3 Å². The second-order valence-electron chi connectivity index (χ2n) is 5.30. The molecule has 8 nitrogen and oxygen atoms in total. The Balaban J connectivity index is 1.95. The zero-order chi connectivity index (χ0) is 18.8. The van der Waals surface area contributed by atoms with Gasteiger partial charge in [0.1, 0.15) is 5.57 Å². The molecule has 26 heavy (non-hydrogen) atoms. The van der Waals surface area contributed by atoms with E-state index >= 15 is 0 Å². The Hall–Kier alpha value is -3.39. The summed E-state index contributed by atoms with van der Waals surface area (Å²) < 4.78 is 4.93. The van der Waals surface area contributed by atoms with E-state index in [2.05, 4.69) is 5.43 Å². The molecule has 1 saturated heterocycles. The van der Waals surface area contributed by atoms with Gasteiger partial charge in [0, 0.05) is 11.1 Å². The van der Waals surface area contributed by atoms with E-state index in [4.69, 9.17) is 16.3 Å². The molecule has 1 heterocycles. The first kappa shape index (κ1) is 17.4. The van der Waals surface area contributed by atoms with Gasteiger partial charge in [0.25, 0.3) is 11.8 Å². The Morgan fingerprint density at radius 1 is 1.19 bits per heavy atom. The van der Waals surface area contributed by atoms with Crippen molar-refractivity contribution in [3.63, 3.8) is 0 Å². The van der Waals surface area contributed by atoms with Gasteiger partial charge in [-0.1, -0.05) is 17.7 Å². The summed E-state index contributed by atoms with van der Waals surface area (Å²) in [4.78, 5) is 35.2. The van der Waals surface area contributed by atoms with Gasteiger partial charge in [0.05, 0.1) is 17.7 Å². The average molecular weight is 374 g/mol. The molecule has 0 bridgehead atoms. The minimum Gasteiger partial charge on any atom is -0.490 e. The lowest BCUT2D eigenvalue weighted by molar-refractivity contribution is -0.385. The van der Waals surface area contributed by atoms with Crippen molar-refractivity contribution in [2.45, 2.75) is 0 Å². The number of rotatable bonds is 4. The lowest BCUT2D eigenvalue weighted by Gasteiger charge is -2.14. The Kier molecular flexibility index (Phi) is 4.59. The maximum atomic E-state index is 12.5. The number of benzene rings is 2. The minimum absolute atomic E-state index is 0.0853. The summed E-state index contributed by atoms with van der Waals surface area (Å²) in [5.41, 5.74) is 2.81. The highest BCUT2D eigenvalue weighted by Gasteiger charge is 2.34. The van der Waals surface area contributed by atoms with Gasteiger partial charge in [-0.05, 0) is 42.0 Å². The number of carbonyl (C=O) groups excluding carboxylic acids is 2. The highest BCUT2D eigenvalue weighted by molar-refractivity contribution is 6.32. The molecule has 1 aliphatic heterocycles. The quantitative estimate of drug-likeness (QED) is 0.384.